The molecular weight excluding hydrogens is 270 g/mol. The molecule has 0 heterocycles. The van der Waals surface area contributed by atoms with Gasteiger partial charge in [-0.2, -0.15) is 0 Å². The van der Waals surface area contributed by atoms with Crippen molar-refractivity contribution in [1.82, 2.24) is 5.32 Å². The molecule has 0 aromatic heterocycles. The Morgan fingerprint density at radius 2 is 2.00 bits per heavy atom. The number of rotatable bonds is 7. The van der Waals surface area contributed by atoms with Crippen LogP contribution in [0.25, 0.3) is 0 Å². The molecule has 0 bridgehead atoms. The predicted molar refractivity (Wildman–Crippen MR) is 81.2 cm³/mol. The number of esters is 1. The number of nitrogens with two attached hydrogens (primary N) is 1. The Labute approximate surface area is 125 Å². The quantitative estimate of drug-likeness (QED) is 0.234. The minimum absolute atomic E-state index is 0.0132. The molecule has 0 aliphatic carbocycles. The van der Waals surface area contributed by atoms with Crippen LogP contribution in [0.5, 0.6) is 0 Å². The molecular formula is C15H23N3O3. The van der Waals surface area contributed by atoms with Crippen molar-refractivity contribution in [3.05, 3.63) is 35.4 Å². The summed E-state index contributed by atoms with van der Waals surface area (Å²) in [6.45, 7) is 6.07. The zero-order valence-corrected chi connectivity index (χ0v) is 12.7. The van der Waals surface area contributed by atoms with Gasteiger partial charge in [0.25, 0.3) is 0 Å². The molecule has 1 aromatic carbocycles. The van der Waals surface area contributed by atoms with Crippen LogP contribution < -0.4 is 11.1 Å². The van der Waals surface area contributed by atoms with Gasteiger partial charge in [-0.15, -0.1) is 0 Å². The molecule has 0 amide bonds. The van der Waals surface area contributed by atoms with Gasteiger partial charge in [-0.05, 0) is 25.8 Å². The van der Waals surface area contributed by atoms with E-state index in [2.05, 4.69) is 10.5 Å². The van der Waals surface area contributed by atoms with Crippen LogP contribution in [0.15, 0.2) is 29.4 Å². The zero-order valence-electron chi connectivity index (χ0n) is 12.7. The molecule has 6 nitrogen and oxygen atoms in total. The standard InChI is InChI=1S/C15H23N3O3/c1-4-13(15(19)21-5-2)17-10(3)11-6-8-12(9-7-11)14(16)18-20/h6-10,13,17,20H,4-5H2,1-3H3,(H2,16,18)/t10?,13-/m0/s1. The minimum atomic E-state index is -0.330. The van der Waals surface area contributed by atoms with Gasteiger partial charge < -0.3 is 15.7 Å². The molecule has 0 fully saturated rings. The summed E-state index contributed by atoms with van der Waals surface area (Å²) < 4.78 is 5.04. The van der Waals surface area contributed by atoms with Crippen molar-refractivity contribution in [2.24, 2.45) is 10.9 Å². The summed E-state index contributed by atoms with van der Waals surface area (Å²) in [5.41, 5.74) is 7.17. The van der Waals surface area contributed by atoms with Crippen LogP contribution in [0.3, 0.4) is 0 Å². The second kappa shape index (κ2) is 8.26. The summed E-state index contributed by atoms with van der Waals surface area (Å²) in [7, 11) is 0. The Kier molecular flexibility index (Phi) is 6.68. The van der Waals surface area contributed by atoms with Gasteiger partial charge in [-0.1, -0.05) is 36.3 Å². The van der Waals surface area contributed by atoms with Crippen LogP contribution in [-0.4, -0.2) is 29.7 Å². The van der Waals surface area contributed by atoms with Crippen LogP contribution in [0.2, 0.25) is 0 Å². The molecule has 0 aliphatic heterocycles. The van der Waals surface area contributed by atoms with Crippen LogP contribution in [0.4, 0.5) is 0 Å². The average Bonchev–Trinajstić information content (AvgIpc) is 2.51. The lowest BCUT2D eigenvalue weighted by molar-refractivity contribution is -0.146. The topological polar surface area (TPSA) is 96.9 Å². The van der Waals surface area contributed by atoms with Crippen molar-refractivity contribution < 1.29 is 14.7 Å². The molecule has 1 aromatic rings. The maximum absolute atomic E-state index is 11.8. The van der Waals surface area contributed by atoms with Crippen LogP contribution in [0, 0.1) is 0 Å². The number of oxime groups is 1. The van der Waals surface area contributed by atoms with E-state index < -0.39 is 0 Å². The lowest BCUT2D eigenvalue weighted by Gasteiger charge is -2.21. The van der Waals surface area contributed by atoms with E-state index >= 15 is 0 Å². The smallest absolute Gasteiger partial charge is 0.323 e. The van der Waals surface area contributed by atoms with E-state index in [0.29, 0.717) is 18.6 Å². The third-order valence-corrected chi connectivity index (χ3v) is 3.24. The SMILES string of the molecule is CCOC(=O)[C@H](CC)NC(C)c1ccc(/C(N)=N/O)cc1. The van der Waals surface area contributed by atoms with E-state index in [4.69, 9.17) is 15.7 Å². The summed E-state index contributed by atoms with van der Waals surface area (Å²) in [6, 6.07) is 6.96. The molecule has 1 unspecified atom stereocenters. The Hall–Kier alpha value is -2.08. The summed E-state index contributed by atoms with van der Waals surface area (Å²) in [6.07, 6.45) is 0.658. The molecule has 6 heteroatoms. The number of carbonyl (C=O) groups excluding carboxylic acids is 1. The third-order valence-electron chi connectivity index (χ3n) is 3.24. The van der Waals surface area contributed by atoms with E-state index in [-0.39, 0.29) is 23.9 Å². The van der Waals surface area contributed by atoms with Crippen molar-refractivity contribution >= 4 is 11.8 Å². The number of benzene rings is 1. The third kappa shape index (κ3) is 4.75. The number of nitrogens with one attached hydrogen (secondary N) is 1. The van der Waals surface area contributed by atoms with E-state index in [1.165, 1.54) is 0 Å². The van der Waals surface area contributed by atoms with Crippen molar-refractivity contribution in [3.63, 3.8) is 0 Å². The van der Waals surface area contributed by atoms with Gasteiger partial charge in [0.05, 0.1) is 6.61 Å². The Morgan fingerprint density at radius 3 is 2.48 bits per heavy atom. The first-order chi connectivity index (χ1) is 10.0. The normalized spacial score (nSPS) is 14.5. The molecule has 2 atom stereocenters. The zero-order chi connectivity index (χ0) is 15.8. The molecule has 0 spiro atoms. The molecule has 21 heavy (non-hydrogen) atoms. The molecule has 0 aliphatic rings. The van der Waals surface area contributed by atoms with Crippen LogP contribution >= 0.6 is 0 Å². The number of hydrogen-bond donors (Lipinski definition) is 3. The van der Waals surface area contributed by atoms with Gasteiger partial charge in [-0.25, -0.2) is 0 Å². The summed E-state index contributed by atoms with van der Waals surface area (Å²) in [5.74, 6) is -0.166. The number of nitrogens with zero attached hydrogens (tertiary/aromatic N) is 1. The minimum Gasteiger partial charge on any atom is -0.465 e. The van der Waals surface area contributed by atoms with Crippen molar-refractivity contribution in [2.45, 2.75) is 39.3 Å². The first kappa shape index (κ1) is 17.0. The van der Waals surface area contributed by atoms with E-state index in [0.717, 1.165) is 5.56 Å². The van der Waals surface area contributed by atoms with Crippen LogP contribution in [0.1, 0.15) is 44.4 Å². The molecule has 0 radical (unpaired) electrons. The number of hydrogen-bond acceptors (Lipinski definition) is 5. The second-order valence-corrected chi connectivity index (χ2v) is 4.71. The maximum atomic E-state index is 11.8. The maximum Gasteiger partial charge on any atom is 0.323 e. The van der Waals surface area contributed by atoms with Gasteiger partial charge in [0, 0.05) is 11.6 Å². The highest BCUT2D eigenvalue weighted by Gasteiger charge is 2.20. The first-order valence-corrected chi connectivity index (χ1v) is 7.04. The predicted octanol–water partition coefficient (Wildman–Crippen LogP) is 1.77. The van der Waals surface area contributed by atoms with Gasteiger partial charge in [0.2, 0.25) is 0 Å². The molecule has 1 rings (SSSR count). The van der Waals surface area contributed by atoms with Gasteiger partial charge in [-0.3, -0.25) is 10.1 Å². The van der Waals surface area contributed by atoms with E-state index in [9.17, 15) is 4.79 Å². The number of amidine groups is 1. The van der Waals surface area contributed by atoms with Gasteiger partial charge in [0.1, 0.15) is 6.04 Å². The highest BCUT2D eigenvalue weighted by atomic mass is 16.5. The summed E-state index contributed by atoms with van der Waals surface area (Å²) in [4.78, 5) is 11.8. The van der Waals surface area contributed by atoms with Crippen LogP contribution in [-0.2, 0) is 9.53 Å². The van der Waals surface area contributed by atoms with Crippen molar-refractivity contribution in [2.75, 3.05) is 6.61 Å². The Morgan fingerprint density at radius 1 is 1.38 bits per heavy atom. The van der Waals surface area contributed by atoms with E-state index in [1.807, 2.05) is 26.0 Å². The Bertz CT molecular complexity index is 485. The molecule has 0 saturated heterocycles. The lowest BCUT2D eigenvalue weighted by Crippen LogP contribution is -2.39. The Balaban J connectivity index is 2.74. The molecule has 0 saturated carbocycles. The fourth-order valence-electron chi connectivity index (χ4n) is 1.99. The van der Waals surface area contributed by atoms with Crippen molar-refractivity contribution in [3.8, 4) is 0 Å². The molecule has 116 valence electrons. The van der Waals surface area contributed by atoms with Crippen molar-refractivity contribution in [1.29, 1.82) is 0 Å². The monoisotopic (exact) mass is 293 g/mol. The summed E-state index contributed by atoms with van der Waals surface area (Å²) in [5, 5.41) is 14.8. The highest BCUT2D eigenvalue weighted by Crippen LogP contribution is 2.15. The largest absolute Gasteiger partial charge is 0.465 e. The fourth-order valence-corrected chi connectivity index (χ4v) is 1.99. The average molecular weight is 293 g/mol. The molecule has 4 N–H and O–H groups in total. The van der Waals surface area contributed by atoms with E-state index in [1.54, 1.807) is 19.1 Å². The van der Waals surface area contributed by atoms with Gasteiger partial charge >= 0.3 is 5.97 Å². The fraction of sp³-hybridized carbons (Fsp3) is 0.467. The van der Waals surface area contributed by atoms with Gasteiger partial charge in [0.15, 0.2) is 5.84 Å². The highest BCUT2D eigenvalue weighted by molar-refractivity contribution is 5.96. The number of carbonyl (C=O) groups is 1. The number of ether oxygens (including phenoxy) is 1. The summed E-state index contributed by atoms with van der Waals surface area (Å²) >= 11 is 0. The lowest BCUT2D eigenvalue weighted by atomic mass is 10.0. The first-order valence-electron chi connectivity index (χ1n) is 7.04. The second-order valence-electron chi connectivity index (χ2n) is 4.71.